The van der Waals surface area contributed by atoms with Crippen LogP contribution < -0.4 is 10.6 Å². The fraction of sp³-hybridized carbons (Fsp3) is 0.562. The lowest BCUT2D eigenvalue weighted by molar-refractivity contribution is 0.0954. The highest BCUT2D eigenvalue weighted by atomic mass is 32.2. The summed E-state index contributed by atoms with van der Waals surface area (Å²) in [4.78, 5) is 12.2. The van der Waals surface area contributed by atoms with Crippen molar-refractivity contribution in [1.82, 2.24) is 14.9 Å². The van der Waals surface area contributed by atoms with E-state index in [1.165, 1.54) is 16.4 Å². The van der Waals surface area contributed by atoms with E-state index < -0.39 is 10.0 Å². The van der Waals surface area contributed by atoms with Crippen molar-refractivity contribution in [3.8, 4) is 0 Å². The van der Waals surface area contributed by atoms with Crippen molar-refractivity contribution >= 4 is 15.9 Å². The van der Waals surface area contributed by atoms with Gasteiger partial charge in [-0.2, -0.15) is 4.31 Å². The Kier molecular flexibility index (Phi) is 6.56. The Bertz CT molecular complexity index is 608. The van der Waals surface area contributed by atoms with Gasteiger partial charge >= 0.3 is 0 Å². The van der Waals surface area contributed by atoms with Gasteiger partial charge < -0.3 is 10.6 Å². The normalized spacial score (nSPS) is 15.7. The van der Waals surface area contributed by atoms with Crippen LogP contribution in [0.2, 0.25) is 0 Å². The molecule has 1 heterocycles. The monoisotopic (exact) mass is 339 g/mol. The van der Waals surface area contributed by atoms with Gasteiger partial charge in [0, 0.05) is 31.7 Å². The highest BCUT2D eigenvalue weighted by Gasteiger charge is 2.27. The third-order valence-electron chi connectivity index (χ3n) is 3.83. The van der Waals surface area contributed by atoms with E-state index in [1.807, 2.05) is 0 Å². The standard InChI is InChI=1S/C16H25N3O3S/c1-2-9-17-10-11-18-16(20)14-5-7-15(8-6-14)23(21,22)19-12-3-4-13-19/h5-8,17H,2-4,9-13H2,1H3,(H,18,20). The van der Waals surface area contributed by atoms with Crippen LogP contribution in [0.15, 0.2) is 29.2 Å². The molecule has 1 aromatic carbocycles. The molecule has 2 rings (SSSR count). The SMILES string of the molecule is CCCNCCNC(=O)c1ccc(S(=O)(=O)N2CCCC2)cc1. The largest absolute Gasteiger partial charge is 0.351 e. The van der Waals surface area contributed by atoms with Crippen LogP contribution in [0.1, 0.15) is 36.5 Å². The maximum Gasteiger partial charge on any atom is 0.251 e. The highest BCUT2D eigenvalue weighted by molar-refractivity contribution is 7.89. The number of nitrogens with zero attached hydrogens (tertiary/aromatic N) is 1. The second-order valence-corrected chi connectivity index (χ2v) is 7.58. The fourth-order valence-electron chi connectivity index (χ4n) is 2.52. The summed E-state index contributed by atoms with van der Waals surface area (Å²) in [6, 6.07) is 6.16. The van der Waals surface area contributed by atoms with E-state index >= 15 is 0 Å². The van der Waals surface area contributed by atoms with Gasteiger partial charge in [0.2, 0.25) is 10.0 Å². The van der Waals surface area contributed by atoms with Crippen LogP contribution in [-0.4, -0.2) is 51.4 Å². The van der Waals surface area contributed by atoms with E-state index in [4.69, 9.17) is 0 Å². The summed E-state index contributed by atoms with van der Waals surface area (Å²) in [6.45, 7) is 5.45. The van der Waals surface area contributed by atoms with Gasteiger partial charge in [-0.3, -0.25) is 4.79 Å². The number of hydrogen-bond donors (Lipinski definition) is 2. The predicted octanol–water partition coefficient (Wildman–Crippen LogP) is 1.20. The van der Waals surface area contributed by atoms with E-state index in [0.717, 1.165) is 32.4 Å². The van der Waals surface area contributed by atoms with Crippen LogP contribution in [0.4, 0.5) is 0 Å². The third-order valence-corrected chi connectivity index (χ3v) is 5.75. The molecular weight excluding hydrogens is 314 g/mol. The summed E-state index contributed by atoms with van der Waals surface area (Å²) in [7, 11) is -3.42. The average Bonchev–Trinajstić information content (AvgIpc) is 3.10. The van der Waals surface area contributed by atoms with Crippen molar-refractivity contribution in [3.63, 3.8) is 0 Å². The van der Waals surface area contributed by atoms with E-state index in [9.17, 15) is 13.2 Å². The second-order valence-electron chi connectivity index (χ2n) is 5.64. The molecule has 2 N–H and O–H groups in total. The first-order valence-electron chi connectivity index (χ1n) is 8.15. The molecule has 0 bridgehead atoms. The van der Waals surface area contributed by atoms with Crippen LogP contribution in [0, 0.1) is 0 Å². The molecular formula is C16H25N3O3S. The van der Waals surface area contributed by atoms with Gasteiger partial charge in [-0.05, 0) is 50.1 Å². The number of nitrogens with one attached hydrogen (secondary N) is 2. The van der Waals surface area contributed by atoms with Crippen molar-refractivity contribution in [3.05, 3.63) is 29.8 Å². The Morgan fingerprint density at radius 1 is 1.09 bits per heavy atom. The molecule has 7 heteroatoms. The number of carbonyl (C=O) groups is 1. The molecule has 128 valence electrons. The molecule has 1 saturated heterocycles. The van der Waals surface area contributed by atoms with E-state index in [-0.39, 0.29) is 10.8 Å². The van der Waals surface area contributed by atoms with E-state index in [2.05, 4.69) is 17.6 Å². The summed E-state index contributed by atoms with van der Waals surface area (Å²) < 4.78 is 26.3. The number of sulfonamides is 1. The van der Waals surface area contributed by atoms with Gasteiger partial charge in [0.05, 0.1) is 4.90 Å². The lowest BCUT2D eigenvalue weighted by Crippen LogP contribution is -2.32. The Morgan fingerprint density at radius 3 is 2.35 bits per heavy atom. The minimum Gasteiger partial charge on any atom is -0.351 e. The first-order chi connectivity index (χ1) is 11.1. The molecule has 1 amide bonds. The van der Waals surface area contributed by atoms with Crippen LogP contribution in [0.3, 0.4) is 0 Å². The zero-order chi connectivity index (χ0) is 16.7. The molecule has 0 unspecified atom stereocenters. The molecule has 0 atom stereocenters. The summed E-state index contributed by atoms with van der Waals surface area (Å²) in [6.07, 6.45) is 2.87. The zero-order valence-electron chi connectivity index (χ0n) is 13.5. The number of benzene rings is 1. The molecule has 1 aliphatic heterocycles. The quantitative estimate of drug-likeness (QED) is 0.698. The number of amides is 1. The molecule has 1 aromatic rings. The van der Waals surface area contributed by atoms with Crippen LogP contribution in [0.25, 0.3) is 0 Å². The summed E-state index contributed by atoms with van der Waals surface area (Å²) >= 11 is 0. The average molecular weight is 339 g/mol. The summed E-state index contributed by atoms with van der Waals surface area (Å²) in [5, 5.41) is 6.01. The maximum absolute atomic E-state index is 12.4. The molecule has 1 aliphatic rings. The van der Waals surface area contributed by atoms with Crippen LogP contribution in [0.5, 0.6) is 0 Å². The summed E-state index contributed by atoms with van der Waals surface area (Å²) in [5.74, 6) is -0.187. The number of hydrogen-bond acceptors (Lipinski definition) is 4. The first-order valence-corrected chi connectivity index (χ1v) is 9.59. The van der Waals surface area contributed by atoms with Gasteiger partial charge in [0.1, 0.15) is 0 Å². The minimum absolute atomic E-state index is 0.187. The highest BCUT2D eigenvalue weighted by Crippen LogP contribution is 2.20. The van der Waals surface area contributed by atoms with Crippen molar-refractivity contribution in [2.45, 2.75) is 31.1 Å². The lowest BCUT2D eigenvalue weighted by atomic mass is 10.2. The second kappa shape index (κ2) is 8.42. The van der Waals surface area contributed by atoms with Gasteiger partial charge in [-0.25, -0.2) is 8.42 Å². The topological polar surface area (TPSA) is 78.5 Å². The molecule has 0 spiro atoms. The van der Waals surface area contributed by atoms with Crippen molar-refractivity contribution in [2.24, 2.45) is 0 Å². The Hall–Kier alpha value is -1.44. The molecule has 0 saturated carbocycles. The lowest BCUT2D eigenvalue weighted by Gasteiger charge is -2.15. The Morgan fingerprint density at radius 2 is 1.74 bits per heavy atom. The predicted molar refractivity (Wildman–Crippen MR) is 89.9 cm³/mol. The third kappa shape index (κ3) is 4.76. The van der Waals surface area contributed by atoms with Crippen LogP contribution >= 0.6 is 0 Å². The first kappa shape index (κ1) is 17.9. The molecule has 0 aromatic heterocycles. The Balaban J connectivity index is 1.92. The van der Waals surface area contributed by atoms with Crippen molar-refractivity contribution in [1.29, 1.82) is 0 Å². The number of carbonyl (C=O) groups excluding carboxylic acids is 1. The molecule has 0 aliphatic carbocycles. The minimum atomic E-state index is -3.42. The van der Waals surface area contributed by atoms with Gasteiger partial charge in [-0.15, -0.1) is 0 Å². The molecule has 23 heavy (non-hydrogen) atoms. The molecule has 6 nitrogen and oxygen atoms in total. The Labute approximate surface area is 138 Å². The molecule has 0 radical (unpaired) electrons. The number of rotatable bonds is 8. The smallest absolute Gasteiger partial charge is 0.251 e. The zero-order valence-corrected chi connectivity index (χ0v) is 14.4. The van der Waals surface area contributed by atoms with Crippen molar-refractivity contribution < 1.29 is 13.2 Å². The maximum atomic E-state index is 12.4. The van der Waals surface area contributed by atoms with Crippen LogP contribution in [-0.2, 0) is 10.0 Å². The van der Waals surface area contributed by atoms with E-state index in [1.54, 1.807) is 12.1 Å². The van der Waals surface area contributed by atoms with Gasteiger partial charge in [0.15, 0.2) is 0 Å². The van der Waals surface area contributed by atoms with Crippen molar-refractivity contribution in [2.75, 3.05) is 32.7 Å². The van der Waals surface area contributed by atoms with E-state index in [0.29, 0.717) is 25.2 Å². The summed E-state index contributed by atoms with van der Waals surface area (Å²) in [5.41, 5.74) is 0.473. The fourth-order valence-corrected chi connectivity index (χ4v) is 4.04. The molecule has 1 fully saturated rings. The van der Waals surface area contributed by atoms with Gasteiger partial charge in [-0.1, -0.05) is 6.92 Å². The van der Waals surface area contributed by atoms with Gasteiger partial charge in [0.25, 0.3) is 5.91 Å².